The van der Waals surface area contributed by atoms with Crippen LogP contribution >= 0.6 is 27.7 Å². The van der Waals surface area contributed by atoms with Gasteiger partial charge in [-0.1, -0.05) is 27.2 Å². The molecule has 0 aromatic heterocycles. The average molecular weight is 332 g/mol. The molecule has 0 atom stereocenters. The van der Waals surface area contributed by atoms with Gasteiger partial charge in [0.1, 0.15) is 5.75 Å². The Kier molecular flexibility index (Phi) is 5.86. The third kappa shape index (κ3) is 4.39. The number of anilines is 1. The summed E-state index contributed by atoms with van der Waals surface area (Å²) in [5.41, 5.74) is 7.19. The van der Waals surface area contributed by atoms with Crippen molar-refractivity contribution in [1.29, 1.82) is 0 Å². The molecular weight excluding hydrogens is 310 g/mol. The maximum absolute atomic E-state index is 6.04. The van der Waals surface area contributed by atoms with Crippen LogP contribution < -0.4 is 10.5 Å². The minimum absolute atomic E-state index is 0.339. The Balaban J connectivity index is 2.79. The molecule has 0 bridgehead atoms. The predicted octanol–water partition coefficient (Wildman–Crippen LogP) is 4.96. The Labute approximate surface area is 123 Å². The molecule has 2 N–H and O–H groups in total. The number of hydrogen-bond acceptors (Lipinski definition) is 3. The number of benzene rings is 1. The number of nitrogens with two attached hydrogens (primary N) is 1. The second kappa shape index (κ2) is 6.71. The van der Waals surface area contributed by atoms with Crippen LogP contribution in [0.15, 0.2) is 21.5 Å². The molecule has 0 saturated heterocycles. The number of ether oxygens (including phenoxy) is 1. The summed E-state index contributed by atoms with van der Waals surface area (Å²) < 4.78 is 6.21. The van der Waals surface area contributed by atoms with Crippen molar-refractivity contribution >= 4 is 33.4 Å². The molecule has 0 heterocycles. The van der Waals surface area contributed by atoms with Crippen molar-refractivity contribution in [1.82, 2.24) is 0 Å². The van der Waals surface area contributed by atoms with E-state index in [1.165, 1.54) is 12.8 Å². The molecule has 1 rings (SSSR count). The summed E-state index contributed by atoms with van der Waals surface area (Å²) in [5.74, 6) is 1.90. The fraction of sp³-hybridized carbons (Fsp3) is 0.571. The van der Waals surface area contributed by atoms with Gasteiger partial charge in [-0.2, -0.15) is 0 Å². The fourth-order valence-electron chi connectivity index (χ4n) is 1.85. The molecule has 0 amide bonds. The van der Waals surface area contributed by atoms with Crippen LogP contribution in [-0.4, -0.2) is 12.9 Å². The number of nitrogen functional groups attached to an aromatic ring is 1. The lowest BCUT2D eigenvalue weighted by molar-refractivity contribution is 0.382. The summed E-state index contributed by atoms with van der Waals surface area (Å²) in [5, 5.41) is 0. The van der Waals surface area contributed by atoms with Crippen LogP contribution in [0.1, 0.15) is 33.6 Å². The highest BCUT2D eigenvalue weighted by atomic mass is 79.9. The van der Waals surface area contributed by atoms with E-state index in [1.54, 1.807) is 18.9 Å². The fourth-order valence-corrected chi connectivity index (χ4v) is 3.48. The third-order valence-corrected chi connectivity index (χ3v) is 5.04. The Morgan fingerprint density at radius 3 is 2.61 bits per heavy atom. The summed E-state index contributed by atoms with van der Waals surface area (Å²) in [7, 11) is 1.67. The van der Waals surface area contributed by atoms with Crippen molar-refractivity contribution in [3.05, 3.63) is 16.6 Å². The molecule has 0 fully saturated rings. The van der Waals surface area contributed by atoms with E-state index in [1.807, 2.05) is 12.1 Å². The van der Waals surface area contributed by atoms with Crippen molar-refractivity contribution in [2.75, 3.05) is 18.6 Å². The number of hydrogen-bond donors (Lipinski definition) is 1. The second-order valence-electron chi connectivity index (χ2n) is 5.23. The van der Waals surface area contributed by atoms with Crippen LogP contribution in [0.2, 0.25) is 0 Å². The van der Waals surface area contributed by atoms with Crippen LogP contribution in [0.25, 0.3) is 0 Å². The highest BCUT2D eigenvalue weighted by Gasteiger charge is 2.18. The minimum atomic E-state index is 0.339. The molecule has 0 unspecified atom stereocenters. The van der Waals surface area contributed by atoms with Gasteiger partial charge in [0.05, 0.1) is 11.6 Å². The first-order chi connectivity index (χ1) is 8.39. The largest absolute Gasteiger partial charge is 0.496 e. The quantitative estimate of drug-likeness (QED) is 0.591. The van der Waals surface area contributed by atoms with Crippen LogP contribution in [0.4, 0.5) is 5.69 Å². The number of methoxy groups -OCH3 is 1. The molecule has 2 nitrogen and oxygen atoms in total. The molecule has 4 heteroatoms. The SMILES string of the molecule is CCCC(C)(C)CSc1cc(OC)c(Br)cc1N. The van der Waals surface area contributed by atoms with Gasteiger partial charge in [0, 0.05) is 16.3 Å². The number of rotatable bonds is 6. The molecular formula is C14H22BrNOS. The van der Waals surface area contributed by atoms with Crippen LogP contribution in [0, 0.1) is 5.41 Å². The summed E-state index contributed by atoms with van der Waals surface area (Å²) in [6.45, 7) is 6.83. The van der Waals surface area contributed by atoms with E-state index in [9.17, 15) is 0 Å². The van der Waals surface area contributed by atoms with Crippen molar-refractivity contribution < 1.29 is 4.74 Å². The van der Waals surface area contributed by atoms with E-state index in [0.717, 1.165) is 26.6 Å². The van der Waals surface area contributed by atoms with Crippen molar-refractivity contribution in [2.24, 2.45) is 5.41 Å². The Hall–Kier alpha value is -0.350. The monoisotopic (exact) mass is 331 g/mol. The molecule has 1 aromatic rings. The van der Waals surface area contributed by atoms with E-state index >= 15 is 0 Å². The first-order valence-electron chi connectivity index (χ1n) is 6.15. The van der Waals surface area contributed by atoms with E-state index in [2.05, 4.69) is 36.7 Å². The first-order valence-corrected chi connectivity index (χ1v) is 7.93. The molecule has 1 aromatic carbocycles. The van der Waals surface area contributed by atoms with E-state index in [4.69, 9.17) is 10.5 Å². The normalized spacial score (nSPS) is 11.6. The van der Waals surface area contributed by atoms with Crippen molar-refractivity contribution in [3.63, 3.8) is 0 Å². The molecule has 0 aliphatic rings. The Bertz CT molecular complexity index is 407. The van der Waals surface area contributed by atoms with Crippen LogP contribution in [-0.2, 0) is 0 Å². The summed E-state index contributed by atoms with van der Waals surface area (Å²) in [6.07, 6.45) is 2.44. The van der Waals surface area contributed by atoms with Gasteiger partial charge in [0.25, 0.3) is 0 Å². The molecule has 0 radical (unpaired) electrons. The van der Waals surface area contributed by atoms with E-state index < -0.39 is 0 Å². The Morgan fingerprint density at radius 1 is 1.39 bits per heavy atom. The molecule has 102 valence electrons. The van der Waals surface area contributed by atoms with E-state index in [-0.39, 0.29) is 0 Å². The zero-order valence-corrected chi connectivity index (χ0v) is 14.0. The lowest BCUT2D eigenvalue weighted by Gasteiger charge is -2.23. The maximum atomic E-state index is 6.04. The molecule has 0 aliphatic carbocycles. The number of halogens is 1. The maximum Gasteiger partial charge on any atom is 0.134 e. The highest BCUT2D eigenvalue weighted by molar-refractivity contribution is 9.10. The smallest absolute Gasteiger partial charge is 0.134 e. The van der Waals surface area contributed by atoms with Crippen LogP contribution in [0.3, 0.4) is 0 Å². The van der Waals surface area contributed by atoms with Gasteiger partial charge >= 0.3 is 0 Å². The van der Waals surface area contributed by atoms with Gasteiger partial charge in [-0.05, 0) is 39.9 Å². The lowest BCUT2D eigenvalue weighted by Crippen LogP contribution is -2.14. The molecule has 0 aliphatic heterocycles. The zero-order valence-electron chi connectivity index (χ0n) is 11.5. The summed E-state index contributed by atoms with van der Waals surface area (Å²) >= 11 is 5.25. The average Bonchev–Trinajstić information content (AvgIpc) is 2.28. The van der Waals surface area contributed by atoms with Gasteiger partial charge in [0.2, 0.25) is 0 Å². The lowest BCUT2D eigenvalue weighted by atomic mass is 9.91. The first kappa shape index (κ1) is 15.7. The highest BCUT2D eigenvalue weighted by Crippen LogP contribution is 2.38. The minimum Gasteiger partial charge on any atom is -0.496 e. The van der Waals surface area contributed by atoms with Crippen molar-refractivity contribution in [2.45, 2.75) is 38.5 Å². The standard InChI is InChI=1S/C14H22BrNOS/c1-5-6-14(2,3)9-18-13-8-12(17-4)10(15)7-11(13)16/h7-8H,5-6,9,16H2,1-4H3. The second-order valence-corrected chi connectivity index (χ2v) is 7.10. The predicted molar refractivity (Wildman–Crippen MR) is 84.5 cm³/mol. The van der Waals surface area contributed by atoms with Crippen LogP contribution in [0.5, 0.6) is 5.75 Å². The van der Waals surface area contributed by atoms with Gasteiger partial charge in [0.15, 0.2) is 0 Å². The third-order valence-electron chi connectivity index (χ3n) is 2.83. The summed E-state index contributed by atoms with van der Waals surface area (Å²) in [4.78, 5) is 1.10. The number of thioether (sulfide) groups is 1. The van der Waals surface area contributed by atoms with Gasteiger partial charge in [-0.3, -0.25) is 0 Å². The molecule has 18 heavy (non-hydrogen) atoms. The zero-order chi connectivity index (χ0) is 13.8. The van der Waals surface area contributed by atoms with Gasteiger partial charge < -0.3 is 10.5 Å². The summed E-state index contributed by atoms with van der Waals surface area (Å²) in [6, 6.07) is 3.92. The topological polar surface area (TPSA) is 35.2 Å². The van der Waals surface area contributed by atoms with Crippen molar-refractivity contribution in [3.8, 4) is 5.75 Å². The molecule has 0 saturated carbocycles. The Morgan fingerprint density at radius 2 is 2.06 bits per heavy atom. The van der Waals surface area contributed by atoms with Gasteiger partial charge in [-0.25, -0.2) is 0 Å². The molecule has 0 spiro atoms. The van der Waals surface area contributed by atoms with E-state index in [0.29, 0.717) is 5.41 Å². The van der Waals surface area contributed by atoms with Gasteiger partial charge in [-0.15, -0.1) is 11.8 Å².